The molecule has 1 aromatic carbocycles. The number of rotatable bonds is 6. The molecule has 25 heavy (non-hydrogen) atoms. The summed E-state index contributed by atoms with van der Waals surface area (Å²) in [6.07, 6.45) is 0. The van der Waals surface area contributed by atoms with Crippen molar-refractivity contribution < 1.29 is 23.7 Å². The number of amides is 2. The van der Waals surface area contributed by atoms with Gasteiger partial charge in [-0.05, 0) is 26.0 Å². The molecule has 2 aliphatic heterocycles. The summed E-state index contributed by atoms with van der Waals surface area (Å²) in [6, 6.07) is 7.52. The maximum absolute atomic E-state index is 12.3. The average Bonchev–Trinajstić information content (AvgIpc) is 2.82. The van der Waals surface area contributed by atoms with Crippen LogP contribution < -0.4 is 9.50 Å². The summed E-state index contributed by atoms with van der Waals surface area (Å²) in [4.78, 5) is 37.1. The zero-order chi connectivity index (χ0) is 18.2. The first kappa shape index (κ1) is 17.9. The molecule has 1 unspecified atom stereocenters. The van der Waals surface area contributed by atoms with E-state index in [4.69, 9.17) is 4.18 Å². The first-order valence-electron chi connectivity index (χ1n) is 7.68. The molecule has 0 spiro atoms. The van der Waals surface area contributed by atoms with E-state index in [9.17, 15) is 19.5 Å². The maximum atomic E-state index is 12.3. The van der Waals surface area contributed by atoms with E-state index in [-0.39, 0.29) is 22.9 Å². The highest BCUT2D eigenvalue weighted by Gasteiger charge is 2.64. The largest absolute Gasteiger partial charge is 0.480 e. The number of aliphatic carboxylic acids is 1. The molecule has 0 bridgehead atoms. The Bertz CT molecular complexity index is 697. The lowest BCUT2D eigenvalue weighted by Crippen LogP contribution is -2.70. The van der Waals surface area contributed by atoms with Gasteiger partial charge in [0.15, 0.2) is 0 Å². The molecule has 3 rings (SSSR count). The van der Waals surface area contributed by atoms with Crippen LogP contribution in [-0.4, -0.2) is 55.7 Å². The van der Waals surface area contributed by atoms with Gasteiger partial charge in [0.05, 0.1) is 12.0 Å². The van der Waals surface area contributed by atoms with E-state index in [1.165, 1.54) is 16.7 Å². The number of nitrogens with zero attached hydrogens (tertiary/aromatic N) is 1. The van der Waals surface area contributed by atoms with Gasteiger partial charge in [0.25, 0.3) is 0 Å². The monoisotopic (exact) mass is 382 g/mol. The molecule has 0 radical (unpaired) electrons. The fourth-order valence-electron chi connectivity index (χ4n) is 2.99. The number of hydrogen-bond acceptors (Lipinski definition) is 6. The molecule has 0 aliphatic carbocycles. The molecule has 2 aliphatic rings. The summed E-state index contributed by atoms with van der Waals surface area (Å²) in [6.45, 7) is 3.59. The van der Waals surface area contributed by atoms with Crippen molar-refractivity contribution >= 4 is 41.6 Å². The lowest BCUT2D eigenvalue weighted by molar-refractivity contribution is -0.160. The lowest BCUT2D eigenvalue weighted by atomic mass is 9.96. The third-order valence-electron chi connectivity index (χ3n) is 4.08. The normalized spacial score (nSPS) is 26.6. The van der Waals surface area contributed by atoms with E-state index in [2.05, 4.69) is 5.32 Å². The summed E-state index contributed by atoms with van der Waals surface area (Å²) >= 11 is 2.38. The molecule has 0 saturated carbocycles. The Morgan fingerprint density at radius 3 is 2.68 bits per heavy atom. The maximum Gasteiger partial charge on any atom is 0.327 e. The van der Waals surface area contributed by atoms with Crippen LogP contribution >= 0.6 is 23.8 Å². The first-order chi connectivity index (χ1) is 11.8. The van der Waals surface area contributed by atoms with Gasteiger partial charge in [0.1, 0.15) is 29.0 Å². The van der Waals surface area contributed by atoms with E-state index in [0.29, 0.717) is 5.75 Å². The molecule has 0 aromatic heterocycles. The van der Waals surface area contributed by atoms with Gasteiger partial charge in [0, 0.05) is 4.75 Å². The number of carboxylic acids is 1. The van der Waals surface area contributed by atoms with Crippen molar-refractivity contribution in [2.75, 3.05) is 5.75 Å². The first-order valence-corrected chi connectivity index (χ1v) is 9.47. The van der Waals surface area contributed by atoms with Crippen molar-refractivity contribution in [3.8, 4) is 5.75 Å². The Kier molecular flexibility index (Phi) is 4.88. The van der Waals surface area contributed by atoms with Gasteiger partial charge < -0.3 is 19.5 Å². The Labute approximate surface area is 153 Å². The molecular formula is C16H18N2O5S2. The van der Waals surface area contributed by atoms with Crippen molar-refractivity contribution in [2.45, 2.75) is 36.1 Å². The summed E-state index contributed by atoms with van der Waals surface area (Å²) in [5, 5.41) is 11.7. The Hall–Kier alpha value is -1.87. The highest BCUT2D eigenvalue weighted by molar-refractivity contribution is 8.01. The third kappa shape index (κ3) is 3.43. The molecule has 3 atom stereocenters. The van der Waals surface area contributed by atoms with Crippen molar-refractivity contribution in [2.24, 2.45) is 0 Å². The SMILES string of the molecule is CC1(C)S[C@@H]2C(NC(=O)CSOc3ccccc3)C(=O)N2[C@H]1C(=O)O. The smallest absolute Gasteiger partial charge is 0.327 e. The second-order valence-corrected chi connectivity index (χ2v) is 8.76. The molecule has 134 valence electrons. The van der Waals surface area contributed by atoms with E-state index in [1.807, 2.05) is 18.2 Å². The van der Waals surface area contributed by atoms with E-state index < -0.39 is 22.8 Å². The Balaban J connectivity index is 1.52. The van der Waals surface area contributed by atoms with Crippen LogP contribution in [0.25, 0.3) is 0 Å². The molecule has 2 fully saturated rings. The number of β-lactam (4-membered cyclic amide) rings is 1. The van der Waals surface area contributed by atoms with Crippen LogP contribution in [0.4, 0.5) is 0 Å². The zero-order valence-corrected chi connectivity index (χ0v) is 15.3. The number of fused-ring (bicyclic) bond motifs is 1. The number of benzene rings is 1. The number of nitrogens with one attached hydrogen (secondary N) is 1. The molecular weight excluding hydrogens is 364 g/mol. The number of carbonyl (C=O) groups excluding carboxylic acids is 2. The van der Waals surface area contributed by atoms with E-state index in [1.54, 1.807) is 26.0 Å². The molecule has 2 amide bonds. The van der Waals surface area contributed by atoms with Gasteiger partial charge in [-0.25, -0.2) is 4.79 Å². The van der Waals surface area contributed by atoms with Crippen molar-refractivity contribution in [1.82, 2.24) is 10.2 Å². The van der Waals surface area contributed by atoms with Gasteiger partial charge in [-0.15, -0.1) is 11.8 Å². The second kappa shape index (κ2) is 6.80. The average molecular weight is 382 g/mol. The summed E-state index contributed by atoms with van der Waals surface area (Å²) in [5.41, 5.74) is 0. The van der Waals surface area contributed by atoms with Crippen LogP contribution in [0.5, 0.6) is 5.75 Å². The quantitative estimate of drug-likeness (QED) is 0.566. The number of thioether (sulfide) groups is 1. The summed E-state index contributed by atoms with van der Waals surface area (Å²) < 4.78 is 4.78. The second-order valence-electron chi connectivity index (χ2n) is 6.30. The fourth-order valence-corrected chi connectivity index (χ4v) is 5.11. The minimum Gasteiger partial charge on any atom is -0.480 e. The fraction of sp³-hybridized carbons (Fsp3) is 0.438. The minimum atomic E-state index is -1.02. The molecule has 2 heterocycles. The Morgan fingerprint density at radius 1 is 1.36 bits per heavy atom. The number of hydrogen-bond donors (Lipinski definition) is 2. The highest BCUT2D eigenvalue weighted by Crippen LogP contribution is 2.50. The van der Waals surface area contributed by atoms with Crippen LogP contribution in [0.1, 0.15) is 13.8 Å². The number of para-hydroxylation sites is 1. The van der Waals surface area contributed by atoms with Crippen LogP contribution in [0.3, 0.4) is 0 Å². The van der Waals surface area contributed by atoms with Crippen molar-refractivity contribution in [1.29, 1.82) is 0 Å². The predicted molar refractivity (Wildman–Crippen MR) is 95.2 cm³/mol. The van der Waals surface area contributed by atoms with Crippen LogP contribution in [0.15, 0.2) is 30.3 Å². The van der Waals surface area contributed by atoms with E-state index >= 15 is 0 Å². The molecule has 1 aromatic rings. The topological polar surface area (TPSA) is 95.9 Å². The van der Waals surface area contributed by atoms with E-state index in [0.717, 1.165) is 12.0 Å². The van der Waals surface area contributed by atoms with Gasteiger partial charge in [0.2, 0.25) is 11.8 Å². The van der Waals surface area contributed by atoms with Crippen molar-refractivity contribution in [3.05, 3.63) is 30.3 Å². The molecule has 2 N–H and O–H groups in total. The van der Waals surface area contributed by atoms with Crippen LogP contribution in [0.2, 0.25) is 0 Å². The van der Waals surface area contributed by atoms with Gasteiger partial charge in [-0.1, -0.05) is 18.2 Å². The van der Waals surface area contributed by atoms with Crippen molar-refractivity contribution in [3.63, 3.8) is 0 Å². The van der Waals surface area contributed by atoms with Gasteiger partial charge >= 0.3 is 5.97 Å². The molecule has 9 heteroatoms. The number of carboxylic acid groups (broad SMARTS) is 1. The van der Waals surface area contributed by atoms with Crippen LogP contribution in [0, 0.1) is 0 Å². The molecule has 2 saturated heterocycles. The van der Waals surface area contributed by atoms with Gasteiger partial charge in [-0.3, -0.25) is 9.59 Å². The highest BCUT2D eigenvalue weighted by atomic mass is 32.2. The van der Waals surface area contributed by atoms with Crippen LogP contribution in [-0.2, 0) is 14.4 Å². The Morgan fingerprint density at radius 2 is 2.04 bits per heavy atom. The standard InChI is InChI=1S/C16H18N2O5S2/c1-16(2)12(15(21)22)18-13(20)11(14(18)25-16)17-10(19)8-24-23-9-6-4-3-5-7-9/h3-7,11-12,14H,8H2,1-2H3,(H,17,19)(H,21,22)/t11?,12-,14+/m0/s1. The number of carbonyl (C=O) groups is 3. The summed E-state index contributed by atoms with van der Waals surface area (Å²) in [7, 11) is 0. The summed E-state index contributed by atoms with van der Waals surface area (Å²) in [5.74, 6) is -1.01. The van der Waals surface area contributed by atoms with Gasteiger partial charge in [-0.2, -0.15) is 0 Å². The lowest BCUT2D eigenvalue weighted by Gasteiger charge is -2.43. The minimum absolute atomic E-state index is 0.0435. The third-order valence-corrected chi connectivity index (χ3v) is 6.34. The zero-order valence-electron chi connectivity index (χ0n) is 13.7. The predicted octanol–water partition coefficient (Wildman–Crippen LogP) is 1.35. The molecule has 7 nitrogen and oxygen atoms in total.